The molecule has 0 saturated carbocycles. The Labute approximate surface area is 116 Å². The quantitative estimate of drug-likeness (QED) is 0.913. The van der Waals surface area contributed by atoms with E-state index in [1.807, 2.05) is 6.92 Å². The molecule has 1 aromatic carbocycles. The Morgan fingerprint density at radius 2 is 2.26 bits per heavy atom. The second kappa shape index (κ2) is 6.04. The lowest BCUT2D eigenvalue weighted by Crippen LogP contribution is -2.02. The van der Waals surface area contributed by atoms with Crippen LogP contribution >= 0.6 is 11.6 Å². The monoisotopic (exact) mass is 282 g/mol. The first-order valence-corrected chi connectivity index (χ1v) is 6.39. The van der Waals surface area contributed by atoms with Gasteiger partial charge in [-0.1, -0.05) is 23.7 Å². The summed E-state index contributed by atoms with van der Waals surface area (Å²) in [5.74, 6) is 1.61. The van der Waals surface area contributed by atoms with Crippen LogP contribution in [0.3, 0.4) is 0 Å². The predicted octanol–water partition coefficient (Wildman–Crippen LogP) is 2.92. The van der Waals surface area contributed by atoms with Gasteiger partial charge in [0.15, 0.2) is 6.61 Å². The van der Waals surface area contributed by atoms with Crippen LogP contribution in [-0.2, 0) is 13.0 Å². The van der Waals surface area contributed by atoms with Crippen LogP contribution in [0, 0.1) is 0 Å². The molecular weight excluding hydrogens is 268 g/mol. The molecule has 0 aliphatic heterocycles. The van der Waals surface area contributed by atoms with Crippen LogP contribution in [-0.4, -0.2) is 15.2 Å². The lowest BCUT2D eigenvalue weighted by atomic mass is 10.1. The van der Waals surface area contributed by atoms with Gasteiger partial charge in [-0.25, -0.2) is 0 Å². The molecule has 6 heteroatoms. The molecule has 19 heavy (non-hydrogen) atoms. The molecule has 0 aliphatic rings. The molecule has 0 unspecified atom stereocenters. The molecule has 5 nitrogen and oxygen atoms in total. The fourth-order valence-electron chi connectivity index (χ4n) is 1.61. The minimum Gasteiger partial charge on any atom is -0.485 e. The van der Waals surface area contributed by atoms with Crippen molar-refractivity contribution in [1.82, 2.24) is 10.1 Å². The van der Waals surface area contributed by atoms with Gasteiger partial charge in [0.1, 0.15) is 5.75 Å². The fourth-order valence-corrected chi connectivity index (χ4v) is 1.79. The van der Waals surface area contributed by atoms with Crippen LogP contribution in [0.4, 0.5) is 0 Å². The first kappa shape index (κ1) is 13.8. The zero-order valence-corrected chi connectivity index (χ0v) is 11.5. The molecule has 2 rings (SSSR count). The number of rotatable bonds is 5. The smallest absolute Gasteiger partial charge is 0.226 e. The number of ether oxygens (including phenoxy) is 1. The largest absolute Gasteiger partial charge is 0.485 e. The summed E-state index contributed by atoms with van der Waals surface area (Å²) in [4.78, 5) is 4.14. The Hall–Kier alpha value is -1.59. The van der Waals surface area contributed by atoms with Gasteiger partial charge in [-0.15, -0.1) is 0 Å². The summed E-state index contributed by atoms with van der Waals surface area (Å²) in [5.41, 5.74) is 0.631. The van der Waals surface area contributed by atoms with Crippen molar-refractivity contribution in [3.63, 3.8) is 0 Å². The highest BCUT2D eigenvalue weighted by Crippen LogP contribution is 2.28. The van der Waals surface area contributed by atoms with Crippen LogP contribution in [0.25, 0.3) is 0 Å². The average molecular weight is 283 g/mol. The van der Waals surface area contributed by atoms with E-state index in [0.29, 0.717) is 34.5 Å². The van der Waals surface area contributed by atoms with Gasteiger partial charge in [0.25, 0.3) is 0 Å². The second-order valence-corrected chi connectivity index (χ2v) is 4.54. The number of halogens is 1. The van der Waals surface area contributed by atoms with Gasteiger partial charge >= 0.3 is 0 Å². The Kier molecular flexibility index (Phi) is 4.39. The summed E-state index contributed by atoms with van der Waals surface area (Å²) >= 11 is 5.89. The van der Waals surface area contributed by atoms with Crippen molar-refractivity contribution in [2.24, 2.45) is 0 Å². The summed E-state index contributed by atoms with van der Waals surface area (Å²) in [7, 11) is 0. The third-order valence-electron chi connectivity index (χ3n) is 2.59. The van der Waals surface area contributed by atoms with Gasteiger partial charge in [0.2, 0.25) is 11.7 Å². The van der Waals surface area contributed by atoms with E-state index < -0.39 is 6.10 Å². The number of aromatic nitrogens is 2. The first-order chi connectivity index (χ1) is 9.10. The van der Waals surface area contributed by atoms with Crippen molar-refractivity contribution in [2.45, 2.75) is 33.0 Å². The maximum Gasteiger partial charge on any atom is 0.226 e. The molecule has 0 fully saturated rings. The van der Waals surface area contributed by atoms with E-state index in [0.717, 1.165) is 0 Å². The minimum atomic E-state index is -0.662. The van der Waals surface area contributed by atoms with E-state index in [1.54, 1.807) is 25.1 Å². The van der Waals surface area contributed by atoms with Gasteiger partial charge in [-0.3, -0.25) is 0 Å². The summed E-state index contributed by atoms with van der Waals surface area (Å²) in [6.07, 6.45) is 0.0255. The third-order valence-corrected chi connectivity index (χ3v) is 2.83. The summed E-state index contributed by atoms with van der Waals surface area (Å²) < 4.78 is 10.6. The van der Waals surface area contributed by atoms with E-state index in [9.17, 15) is 5.11 Å². The van der Waals surface area contributed by atoms with Crippen LogP contribution in [0.5, 0.6) is 5.75 Å². The number of nitrogens with zero attached hydrogens (tertiary/aromatic N) is 2. The molecule has 0 radical (unpaired) electrons. The summed E-state index contributed by atoms with van der Waals surface area (Å²) in [5, 5.41) is 14.0. The summed E-state index contributed by atoms with van der Waals surface area (Å²) in [6.45, 7) is 3.77. The van der Waals surface area contributed by atoms with Crippen molar-refractivity contribution >= 4 is 11.6 Å². The van der Waals surface area contributed by atoms with Crippen LogP contribution in [0.2, 0.25) is 5.02 Å². The molecule has 1 N–H and O–H groups in total. The Balaban J connectivity index is 2.10. The highest BCUT2D eigenvalue weighted by atomic mass is 35.5. The molecule has 0 aliphatic carbocycles. The molecule has 102 valence electrons. The molecule has 0 bridgehead atoms. The zero-order chi connectivity index (χ0) is 13.8. The third kappa shape index (κ3) is 3.45. The maximum absolute atomic E-state index is 9.68. The number of benzene rings is 1. The Bertz CT molecular complexity index is 555. The SMILES string of the molecule is CCc1nc(COc2ccc(Cl)cc2[C@@H](C)O)no1. The lowest BCUT2D eigenvalue weighted by molar-refractivity contribution is 0.189. The van der Waals surface area contributed by atoms with Gasteiger partial charge < -0.3 is 14.4 Å². The average Bonchev–Trinajstić information content (AvgIpc) is 2.85. The highest BCUT2D eigenvalue weighted by molar-refractivity contribution is 6.30. The number of aliphatic hydroxyl groups excluding tert-OH is 1. The standard InChI is InChI=1S/C13H15ClN2O3/c1-3-13-15-12(16-19-13)7-18-11-5-4-9(14)6-10(11)8(2)17/h4-6,8,17H,3,7H2,1-2H3/t8-/m1/s1. The lowest BCUT2D eigenvalue weighted by Gasteiger charge is -2.12. The second-order valence-electron chi connectivity index (χ2n) is 4.10. The van der Waals surface area contributed by atoms with Crippen molar-refractivity contribution < 1.29 is 14.4 Å². The van der Waals surface area contributed by atoms with Crippen molar-refractivity contribution in [3.05, 3.63) is 40.5 Å². The van der Waals surface area contributed by atoms with Crippen molar-refractivity contribution in [3.8, 4) is 5.75 Å². The predicted molar refractivity (Wildman–Crippen MR) is 70.1 cm³/mol. The Morgan fingerprint density at radius 3 is 2.89 bits per heavy atom. The van der Waals surface area contributed by atoms with E-state index in [-0.39, 0.29) is 6.61 Å². The van der Waals surface area contributed by atoms with Gasteiger partial charge in [0.05, 0.1) is 6.10 Å². The molecule has 1 atom stereocenters. The maximum atomic E-state index is 9.68. The topological polar surface area (TPSA) is 68.4 Å². The van der Waals surface area contributed by atoms with E-state index in [2.05, 4.69) is 10.1 Å². The van der Waals surface area contributed by atoms with Crippen LogP contribution in [0.15, 0.2) is 22.7 Å². The normalized spacial score (nSPS) is 12.4. The van der Waals surface area contributed by atoms with E-state index >= 15 is 0 Å². The molecule has 0 spiro atoms. The van der Waals surface area contributed by atoms with Gasteiger partial charge in [-0.2, -0.15) is 4.98 Å². The Morgan fingerprint density at radius 1 is 1.47 bits per heavy atom. The fraction of sp³-hybridized carbons (Fsp3) is 0.385. The van der Waals surface area contributed by atoms with Gasteiger partial charge in [0, 0.05) is 17.0 Å². The number of hydrogen-bond acceptors (Lipinski definition) is 5. The molecule has 0 saturated heterocycles. The van der Waals surface area contributed by atoms with Crippen molar-refractivity contribution in [1.29, 1.82) is 0 Å². The number of aryl methyl sites for hydroxylation is 1. The first-order valence-electron chi connectivity index (χ1n) is 6.02. The number of aliphatic hydroxyl groups is 1. The summed E-state index contributed by atoms with van der Waals surface area (Å²) in [6, 6.07) is 5.09. The van der Waals surface area contributed by atoms with E-state index in [4.69, 9.17) is 20.9 Å². The minimum absolute atomic E-state index is 0.185. The van der Waals surface area contributed by atoms with Crippen LogP contribution in [0.1, 0.15) is 37.2 Å². The molecular formula is C13H15ClN2O3. The van der Waals surface area contributed by atoms with E-state index in [1.165, 1.54) is 0 Å². The zero-order valence-electron chi connectivity index (χ0n) is 10.8. The van der Waals surface area contributed by atoms with Gasteiger partial charge in [-0.05, 0) is 25.1 Å². The molecule has 1 heterocycles. The highest BCUT2D eigenvalue weighted by Gasteiger charge is 2.12. The number of hydrogen-bond donors (Lipinski definition) is 1. The molecule has 0 amide bonds. The molecule has 2 aromatic rings. The van der Waals surface area contributed by atoms with Crippen molar-refractivity contribution in [2.75, 3.05) is 0 Å². The van der Waals surface area contributed by atoms with Crippen LogP contribution < -0.4 is 4.74 Å². The molecule has 1 aromatic heterocycles.